The Kier molecular flexibility index (Phi) is 9.15. The maximum Gasteiger partial charge on any atom is 0.0540 e. The number of nitrogens with zero attached hydrogens (tertiary/aromatic N) is 1. The van der Waals surface area contributed by atoms with Gasteiger partial charge in [-0.15, -0.1) is 0 Å². The second-order valence-electron chi connectivity index (χ2n) is 17.6. The van der Waals surface area contributed by atoms with Crippen molar-refractivity contribution < 1.29 is 0 Å². The van der Waals surface area contributed by atoms with Crippen LogP contribution in [0.2, 0.25) is 0 Å². The van der Waals surface area contributed by atoms with Crippen LogP contribution in [0.1, 0.15) is 86.1 Å². The highest BCUT2D eigenvalue weighted by Gasteiger charge is 2.41. The molecule has 0 heterocycles. The molecule has 2 atom stereocenters. The third-order valence-corrected chi connectivity index (χ3v) is 14.0. The van der Waals surface area contributed by atoms with E-state index in [2.05, 4.69) is 207 Å². The van der Waals surface area contributed by atoms with Crippen molar-refractivity contribution in [2.45, 2.75) is 63.7 Å². The molecule has 3 aliphatic rings. The summed E-state index contributed by atoms with van der Waals surface area (Å²) in [6.45, 7) is 4.79. The number of anilines is 2. The van der Waals surface area contributed by atoms with Gasteiger partial charge in [0.05, 0.1) is 5.69 Å². The Morgan fingerprint density at radius 3 is 2.07 bits per heavy atom. The van der Waals surface area contributed by atoms with E-state index in [4.69, 9.17) is 0 Å². The molecule has 0 spiro atoms. The Balaban J connectivity index is 1.12. The average Bonchev–Trinajstić information content (AvgIpc) is 3.57. The topological polar surface area (TPSA) is 3.24 Å². The molecule has 1 heteroatoms. The monoisotopic (exact) mass is 773 g/mol. The Morgan fingerprint density at radius 1 is 0.533 bits per heavy atom. The van der Waals surface area contributed by atoms with Crippen LogP contribution in [0.15, 0.2) is 194 Å². The van der Waals surface area contributed by atoms with E-state index in [-0.39, 0.29) is 5.41 Å². The molecule has 292 valence electrons. The van der Waals surface area contributed by atoms with Crippen LogP contribution < -0.4 is 4.90 Å². The molecule has 0 N–H and O–H groups in total. The third-order valence-electron chi connectivity index (χ3n) is 14.0. The van der Waals surface area contributed by atoms with Crippen LogP contribution >= 0.6 is 0 Å². The summed E-state index contributed by atoms with van der Waals surface area (Å²) in [4.78, 5) is 2.59. The van der Waals surface area contributed by atoms with Crippen LogP contribution in [-0.2, 0) is 5.41 Å². The van der Waals surface area contributed by atoms with Crippen molar-refractivity contribution in [1.29, 1.82) is 0 Å². The summed E-state index contributed by atoms with van der Waals surface area (Å²) in [6, 6.07) is 66.3. The molecule has 1 saturated carbocycles. The smallest absolute Gasteiger partial charge is 0.0540 e. The zero-order chi connectivity index (χ0) is 40.2. The fourth-order valence-corrected chi connectivity index (χ4v) is 11.0. The molecule has 0 aliphatic heterocycles. The molecule has 8 aromatic carbocycles. The quantitative estimate of drug-likeness (QED) is 0.156. The Labute approximate surface area is 355 Å². The standard InChI is InChI=1S/C59H51N/c1-40-31-35-52(53-28-16-22-43-21-15-27-49(58(43)53)42-18-5-3-6-19-42)57(37-40)60(47-34-32-41-17-9-10-20-44(41)38-47)56-30-14-12-25-48(56)45-33-36-51-50-26-11-13-29-54(50)59(2,55(51)39-45)46-23-7-4-8-24-46/h4,7-17,20-30,32-40,42H,3,5-6,18-19,31H2,1-2H3. The van der Waals surface area contributed by atoms with Crippen molar-refractivity contribution in [3.05, 3.63) is 222 Å². The first-order valence-electron chi connectivity index (χ1n) is 22.2. The highest BCUT2D eigenvalue weighted by atomic mass is 15.2. The largest absolute Gasteiger partial charge is 0.310 e. The van der Waals surface area contributed by atoms with Gasteiger partial charge in [-0.05, 0) is 128 Å². The van der Waals surface area contributed by atoms with Crippen LogP contribution in [0.25, 0.3) is 49.4 Å². The van der Waals surface area contributed by atoms with E-state index in [0.29, 0.717) is 11.8 Å². The van der Waals surface area contributed by atoms with Gasteiger partial charge in [0.25, 0.3) is 0 Å². The predicted octanol–water partition coefficient (Wildman–Crippen LogP) is 16.2. The molecule has 2 unspecified atom stereocenters. The average molecular weight is 774 g/mol. The van der Waals surface area contributed by atoms with Gasteiger partial charge in [0.1, 0.15) is 0 Å². The lowest BCUT2D eigenvalue weighted by molar-refractivity contribution is 0.445. The van der Waals surface area contributed by atoms with Gasteiger partial charge in [-0.1, -0.05) is 190 Å². The lowest BCUT2D eigenvalue weighted by Crippen LogP contribution is -2.22. The van der Waals surface area contributed by atoms with E-state index in [1.54, 1.807) is 0 Å². The lowest BCUT2D eigenvalue weighted by atomic mass is 9.74. The van der Waals surface area contributed by atoms with E-state index in [9.17, 15) is 0 Å². The van der Waals surface area contributed by atoms with Crippen LogP contribution in [0.4, 0.5) is 11.4 Å². The second-order valence-corrected chi connectivity index (χ2v) is 17.6. The minimum atomic E-state index is -0.280. The first kappa shape index (κ1) is 36.6. The molecule has 8 aromatic rings. The van der Waals surface area contributed by atoms with E-state index < -0.39 is 0 Å². The lowest BCUT2D eigenvalue weighted by Gasteiger charge is -2.35. The van der Waals surface area contributed by atoms with Crippen LogP contribution in [-0.4, -0.2) is 0 Å². The van der Waals surface area contributed by atoms with Crippen molar-refractivity contribution in [2.75, 3.05) is 4.90 Å². The summed E-state index contributed by atoms with van der Waals surface area (Å²) < 4.78 is 0. The zero-order valence-electron chi connectivity index (χ0n) is 34.7. The molecule has 60 heavy (non-hydrogen) atoms. The Morgan fingerprint density at radius 2 is 1.22 bits per heavy atom. The van der Waals surface area contributed by atoms with Crippen molar-refractivity contribution >= 4 is 38.5 Å². The van der Waals surface area contributed by atoms with E-state index in [0.717, 1.165) is 6.42 Å². The number of allylic oxidation sites excluding steroid dienone is 3. The summed E-state index contributed by atoms with van der Waals surface area (Å²) in [6.07, 6.45) is 12.7. The van der Waals surface area contributed by atoms with E-state index in [1.807, 2.05) is 0 Å². The SMILES string of the molecule is CC1C=C(N(c2ccc3ccccc3c2)c2ccccc2-c2ccc3c(c2)C(C)(c2ccccc2)c2ccccc2-3)C(c2cccc3cccc(C4CCCCC4)c23)=CC1. The summed E-state index contributed by atoms with van der Waals surface area (Å²) in [7, 11) is 0. The van der Waals surface area contributed by atoms with Crippen molar-refractivity contribution in [2.24, 2.45) is 5.92 Å². The highest BCUT2D eigenvalue weighted by molar-refractivity contribution is 6.03. The minimum Gasteiger partial charge on any atom is -0.310 e. The van der Waals surface area contributed by atoms with Crippen LogP contribution in [0.3, 0.4) is 0 Å². The van der Waals surface area contributed by atoms with Gasteiger partial charge in [-0.2, -0.15) is 0 Å². The molecule has 0 aromatic heterocycles. The van der Waals surface area contributed by atoms with Crippen molar-refractivity contribution in [3.63, 3.8) is 0 Å². The minimum absolute atomic E-state index is 0.280. The van der Waals surface area contributed by atoms with Gasteiger partial charge in [0.2, 0.25) is 0 Å². The maximum absolute atomic E-state index is 2.59. The van der Waals surface area contributed by atoms with Crippen LogP contribution in [0.5, 0.6) is 0 Å². The Hall–Kier alpha value is -6.44. The first-order chi connectivity index (χ1) is 29.6. The molecule has 0 bridgehead atoms. The number of hydrogen-bond donors (Lipinski definition) is 0. The van der Waals surface area contributed by atoms with Crippen molar-refractivity contribution in [3.8, 4) is 22.3 Å². The summed E-state index contributed by atoms with van der Waals surface area (Å²) in [5, 5.41) is 5.27. The van der Waals surface area contributed by atoms with Gasteiger partial charge >= 0.3 is 0 Å². The fraction of sp³-hybridized carbons (Fsp3) is 0.186. The first-order valence-corrected chi connectivity index (χ1v) is 22.2. The molecule has 3 aliphatic carbocycles. The van der Waals surface area contributed by atoms with E-state index >= 15 is 0 Å². The molecular formula is C59H51N. The molecule has 11 rings (SSSR count). The number of para-hydroxylation sites is 1. The summed E-state index contributed by atoms with van der Waals surface area (Å²) in [5.74, 6) is 0.987. The number of benzene rings is 8. The van der Waals surface area contributed by atoms with Gasteiger partial charge < -0.3 is 4.90 Å². The number of fused-ring (bicyclic) bond motifs is 5. The molecule has 0 amide bonds. The van der Waals surface area contributed by atoms with E-state index in [1.165, 1.54) is 126 Å². The van der Waals surface area contributed by atoms with Gasteiger partial charge in [-0.25, -0.2) is 0 Å². The fourth-order valence-electron chi connectivity index (χ4n) is 11.0. The molecule has 1 fully saturated rings. The van der Waals surface area contributed by atoms with Gasteiger partial charge in [0, 0.05) is 27.9 Å². The molecule has 0 saturated heterocycles. The molecule has 1 nitrogen and oxygen atoms in total. The van der Waals surface area contributed by atoms with Gasteiger partial charge in [0.15, 0.2) is 0 Å². The zero-order valence-corrected chi connectivity index (χ0v) is 34.7. The van der Waals surface area contributed by atoms with Crippen molar-refractivity contribution in [1.82, 2.24) is 0 Å². The van der Waals surface area contributed by atoms with Gasteiger partial charge in [-0.3, -0.25) is 0 Å². The normalized spacial score (nSPS) is 18.8. The number of hydrogen-bond acceptors (Lipinski definition) is 1. The Bertz CT molecular complexity index is 2970. The van der Waals surface area contributed by atoms with Crippen LogP contribution in [0, 0.1) is 5.92 Å². The highest BCUT2D eigenvalue weighted by Crippen LogP contribution is 2.54. The second kappa shape index (κ2) is 15.0. The summed E-state index contributed by atoms with van der Waals surface area (Å²) in [5.41, 5.74) is 16.7. The third kappa shape index (κ3) is 6.05. The molecule has 0 radical (unpaired) electrons. The molecular weight excluding hydrogens is 723 g/mol. The summed E-state index contributed by atoms with van der Waals surface area (Å²) >= 11 is 0. The number of rotatable bonds is 7. The predicted molar refractivity (Wildman–Crippen MR) is 255 cm³/mol. The maximum atomic E-state index is 2.59.